The first-order valence-corrected chi connectivity index (χ1v) is 6.26. The molecule has 1 saturated heterocycles. The first-order chi connectivity index (χ1) is 8.18. The van der Waals surface area contributed by atoms with Gasteiger partial charge in [-0.2, -0.15) is 5.10 Å². The number of carbonyl (C=O) groups excluding carboxylic acids is 1. The number of aryl methyl sites for hydroxylation is 1. The highest BCUT2D eigenvalue weighted by Crippen LogP contribution is 2.21. The summed E-state index contributed by atoms with van der Waals surface area (Å²) in [7, 11) is 0. The minimum Gasteiger partial charge on any atom is -0.480 e. The van der Waals surface area contributed by atoms with Crippen LogP contribution in [0.15, 0.2) is 12.7 Å². The second-order valence-electron chi connectivity index (χ2n) is 3.63. The fraction of sp³-hybridized carbons (Fsp3) is 0.556. The topological polar surface area (TPSA) is 88.3 Å². The summed E-state index contributed by atoms with van der Waals surface area (Å²) in [5.41, 5.74) is 0. The van der Waals surface area contributed by atoms with E-state index in [1.807, 2.05) is 0 Å². The van der Waals surface area contributed by atoms with Gasteiger partial charge < -0.3 is 10.0 Å². The van der Waals surface area contributed by atoms with Crippen molar-refractivity contribution in [2.75, 3.05) is 11.6 Å². The summed E-state index contributed by atoms with van der Waals surface area (Å²) in [5, 5.41) is 12.8. The van der Waals surface area contributed by atoms with Gasteiger partial charge in [-0.1, -0.05) is 0 Å². The third-order valence-corrected chi connectivity index (χ3v) is 3.52. The highest BCUT2D eigenvalue weighted by molar-refractivity contribution is 7.99. The third kappa shape index (κ3) is 2.76. The Balaban J connectivity index is 1.89. The molecule has 1 aliphatic rings. The number of thioether (sulfide) groups is 1. The summed E-state index contributed by atoms with van der Waals surface area (Å²) < 4.78 is 1.55. The molecule has 0 unspecified atom stereocenters. The van der Waals surface area contributed by atoms with Gasteiger partial charge in [0.25, 0.3) is 0 Å². The van der Waals surface area contributed by atoms with E-state index >= 15 is 0 Å². The van der Waals surface area contributed by atoms with Crippen LogP contribution < -0.4 is 0 Å². The molecule has 0 aliphatic carbocycles. The molecule has 8 heteroatoms. The van der Waals surface area contributed by atoms with Gasteiger partial charge in [0.05, 0.1) is 12.4 Å². The molecule has 7 nitrogen and oxygen atoms in total. The van der Waals surface area contributed by atoms with Crippen molar-refractivity contribution in [3.8, 4) is 0 Å². The first kappa shape index (κ1) is 11.9. The van der Waals surface area contributed by atoms with Gasteiger partial charge in [0, 0.05) is 12.2 Å². The fourth-order valence-corrected chi connectivity index (χ4v) is 2.77. The molecule has 0 saturated carbocycles. The molecule has 92 valence electrons. The smallest absolute Gasteiger partial charge is 0.327 e. The van der Waals surface area contributed by atoms with E-state index in [4.69, 9.17) is 5.11 Å². The molecule has 0 radical (unpaired) electrons. The van der Waals surface area contributed by atoms with Gasteiger partial charge in [-0.15, -0.1) is 11.8 Å². The van der Waals surface area contributed by atoms with E-state index in [0.717, 1.165) is 0 Å². The molecule has 1 N–H and O–H groups in total. The van der Waals surface area contributed by atoms with Crippen LogP contribution in [0.4, 0.5) is 0 Å². The zero-order valence-corrected chi connectivity index (χ0v) is 9.84. The average Bonchev–Trinajstić information content (AvgIpc) is 2.96. The number of nitrogens with zero attached hydrogens (tertiary/aromatic N) is 4. The van der Waals surface area contributed by atoms with Crippen molar-refractivity contribution >= 4 is 23.6 Å². The maximum Gasteiger partial charge on any atom is 0.327 e. The van der Waals surface area contributed by atoms with Crippen LogP contribution in [0.5, 0.6) is 0 Å². The number of carbonyl (C=O) groups is 2. The predicted molar refractivity (Wildman–Crippen MR) is 60.2 cm³/mol. The Labute approximate surface area is 102 Å². The van der Waals surface area contributed by atoms with Crippen molar-refractivity contribution in [3.05, 3.63) is 12.7 Å². The van der Waals surface area contributed by atoms with Crippen molar-refractivity contribution < 1.29 is 14.7 Å². The largest absolute Gasteiger partial charge is 0.480 e. The normalized spacial score (nSPS) is 19.5. The van der Waals surface area contributed by atoms with E-state index in [0.29, 0.717) is 18.2 Å². The average molecular weight is 256 g/mol. The van der Waals surface area contributed by atoms with Gasteiger partial charge in [-0.05, 0) is 0 Å². The summed E-state index contributed by atoms with van der Waals surface area (Å²) in [6, 6.07) is -0.691. The molecule has 1 amide bonds. The van der Waals surface area contributed by atoms with Crippen LogP contribution in [-0.2, 0) is 16.1 Å². The molecule has 1 fully saturated rings. The lowest BCUT2D eigenvalue weighted by molar-refractivity contribution is -0.147. The highest BCUT2D eigenvalue weighted by Gasteiger charge is 2.34. The summed E-state index contributed by atoms with van der Waals surface area (Å²) in [4.78, 5) is 27.9. The lowest BCUT2D eigenvalue weighted by Gasteiger charge is -2.20. The summed E-state index contributed by atoms with van der Waals surface area (Å²) in [6.45, 7) is 0.423. The molecular formula is C9H12N4O3S. The van der Waals surface area contributed by atoms with Gasteiger partial charge in [0.15, 0.2) is 0 Å². The maximum absolute atomic E-state index is 11.8. The molecule has 17 heavy (non-hydrogen) atoms. The van der Waals surface area contributed by atoms with Gasteiger partial charge in [-0.25, -0.2) is 9.78 Å². The van der Waals surface area contributed by atoms with Crippen LogP contribution in [-0.4, -0.2) is 54.3 Å². The number of rotatable bonds is 4. The standard InChI is InChI=1S/C9H12N4O3S/c14-8(1-2-12-5-10-4-11-12)13-6-17-3-7(13)9(15)16/h4-5,7H,1-3,6H2,(H,15,16)/t7-/m0/s1. The van der Waals surface area contributed by atoms with Crippen molar-refractivity contribution in [2.45, 2.75) is 19.0 Å². The monoisotopic (exact) mass is 256 g/mol. The zero-order valence-electron chi connectivity index (χ0n) is 9.02. The second-order valence-corrected chi connectivity index (χ2v) is 4.63. The number of amides is 1. The predicted octanol–water partition coefficient (Wildman–Crippen LogP) is -0.346. The Hall–Kier alpha value is -1.57. The molecule has 1 aliphatic heterocycles. The quantitative estimate of drug-likeness (QED) is 0.792. The number of aliphatic carboxylic acids is 1. The Bertz CT molecular complexity index is 408. The van der Waals surface area contributed by atoms with Crippen molar-refractivity contribution in [1.82, 2.24) is 19.7 Å². The van der Waals surface area contributed by atoms with Crippen LogP contribution >= 0.6 is 11.8 Å². The fourth-order valence-electron chi connectivity index (χ4n) is 1.60. The molecular weight excluding hydrogens is 244 g/mol. The van der Waals surface area contributed by atoms with E-state index in [2.05, 4.69) is 10.1 Å². The summed E-state index contributed by atoms with van der Waals surface area (Å²) in [6.07, 6.45) is 3.17. The zero-order chi connectivity index (χ0) is 12.3. The molecule has 0 aromatic carbocycles. The van der Waals surface area contributed by atoms with E-state index in [1.165, 1.54) is 29.3 Å². The third-order valence-electron chi connectivity index (χ3n) is 2.51. The molecule has 1 aromatic rings. The number of carboxylic acid groups (broad SMARTS) is 1. The van der Waals surface area contributed by atoms with Crippen molar-refractivity contribution in [2.24, 2.45) is 0 Å². The molecule has 0 bridgehead atoms. The van der Waals surface area contributed by atoms with Gasteiger partial charge in [0.2, 0.25) is 5.91 Å². The second kappa shape index (κ2) is 5.17. The van der Waals surface area contributed by atoms with Gasteiger partial charge >= 0.3 is 5.97 Å². The molecule has 2 heterocycles. The summed E-state index contributed by atoms with van der Waals surface area (Å²) >= 11 is 1.46. The molecule has 2 rings (SSSR count). The Morgan fingerprint density at radius 3 is 3.00 bits per heavy atom. The first-order valence-electron chi connectivity index (χ1n) is 5.11. The molecule has 1 aromatic heterocycles. The van der Waals surface area contributed by atoms with Crippen molar-refractivity contribution in [1.29, 1.82) is 0 Å². The molecule has 1 atom stereocenters. The van der Waals surface area contributed by atoms with Crippen LogP contribution in [0.1, 0.15) is 6.42 Å². The Kier molecular flexibility index (Phi) is 3.62. The van der Waals surface area contributed by atoms with E-state index in [1.54, 1.807) is 4.68 Å². The van der Waals surface area contributed by atoms with Crippen LogP contribution in [0.3, 0.4) is 0 Å². The number of aromatic nitrogens is 3. The van der Waals surface area contributed by atoms with Crippen molar-refractivity contribution in [3.63, 3.8) is 0 Å². The lowest BCUT2D eigenvalue weighted by Crippen LogP contribution is -2.42. The molecule has 0 spiro atoms. The van der Waals surface area contributed by atoms with Gasteiger partial charge in [0.1, 0.15) is 18.7 Å². The van der Waals surface area contributed by atoms with Gasteiger partial charge in [-0.3, -0.25) is 9.48 Å². The summed E-state index contributed by atoms with van der Waals surface area (Å²) in [5.74, 6) is -0.181. The van der Waals surface area contributed by atoms with E-state index in [9.17, 15) is 9.59 Å². The van der Waals surface area contributed by atoms with Crippen LogP contribution in [0, 0.1) is 0 Å². The minimum atomic E-state index is -0.941. The number of hydrogen-bond donors (Lipinski definition) is 1. The SMILES string of the molecule is O=C(O)[C@@H]1CSCN1C(=O)CCn1cncn1. The number of carboxylic acids is 1. The number of hydrogen-bond acceptors (Lipinski definition) is 5. The Morgan fingerprint density at radius 2 is 2.35 bits per heavy atom. The van der Waals surface area contributed by atoms with E-state index < -0.39 is 12.0 Å². The van der Waals surface area contributed by atoms with Crippen LogP contribution in [0.25, 0.3) is 0 Å². The Morgan fingerprint density at radius 1 is 1.53 bits per heavy atom. The lowest BCUT2D eigenvalue weighted by atomic mass is 10.2. The van der Waals surface area contributed by atoms with E-state index in [-0.39, 0.29) is 12.3 Å². The highest BCUT2D eigenvalue weighted by atomic mass is 32.2. The maximum atomic E-state index is 11.8. The van der Waals surface area contributed by atoms with Crippen LogP contribution in [0.2, 0.25) is 0 Å². The minimum absolute atomic E-state index is 0.155.